The minimum atomic E-state index is -0.723. The van der Waals surface area contributed by atoms with E-state index in [1.807, 2.05) is 49.3 Å². The molecule has 1 aliphatic rings. The van der Waals surface area contributed by atoms with Crippen LogP contribution in [0.15, 0.2) is 66.9 Å². The summed E-state index contributed by atoms with van der Waals surface area (Å²) in [5, 5.41) is 11.5. The van der Waals surface area contributed by atoms with Crippen molar-refractivity contribution in [2.75, 3.05) is 33.8 Å². The molecule has 3 heterocycles. The van der Waals surface area contributed by atoms with Gasteiger partial charge in [-0.3, -0.25) is 14.0 Å². The number of ketones is 1. The van der Waals surface area contributed by atoms with E-state index in [4.69, 9.17) is 4.74 Å². The Kier molecular flexibility index (Phi) is 7.02. The van der Waals surface area contributed by atoms with Crippen molar-refractivity contribution in [2.45, 2.75) is 19.4 Å². The van der Waals surface area contributed by atoms with Gasteiger partial charge in [0.2, 0.25) is 0 Å². The lowest BCUT2D eigenvalue weighted by Crippen LogP contribution is -2.32. The Morgan fingerprint density at radius 2 is 1.94 bits per heavy atom. The second-order valence-electron chi connectivity index (χ2n) is 8.79. The quantitative estimate of drug-likeness (QED) is 0.221. The van der Waals surface area contributed by atoms with E-state index in [0.717, 1.165) is 6.54 Å². The largest absolute Gasteiger partial charge is 0.505 e. The van der Waals surface area contributed by atoms with Gasteiger partial charge in [0, 0.05) is 12.7 Å². The summed E-state index contributed by atoms with van der Waals surface area (Å²) in [5.41, 5.74) is 2.40. The highest BCUT2D eigenvalue weighted by molar-refractivity contribution is 6.46. The van der Waals surface area contributed by atoms with Gasteiger partial charge in [0.1, 0.15) is 23.7 Å². The van der Waals surface area contributed by atoms with Gasteiger partial charge >= 0.3 is 0 Å². The summed E-state index contributed by atoms with van der Waals surface area (Å²) in [4.78, 5) is 34.6. The van der Waals surface area contributed by atoms with E-state index < -0.39 is 17.7 Å². The molecular formula is C27H30N4O4. The number of aliphatic hydroxyl groups is 1. The topological polar surface area (TPSA) is 87.4 Å². The van der Waals surface area contributed by atoms with Crippen molar-refractivity contribution in [3.05, 3.63) is 83.8 Å². The molecule has 2 aromatic heterocycles. The molecule has 8 heteroatoms. The minimum Gasteiger partial charge on any atom is -0.505 e. The number of likely N-dealkylation sites (tertiary alicyclic amines) is 1. The number of fused-ring (bicyclic) bond motifs is 1. The maximum absolute atomic E-state index is 13.3. The molecule has 0 bridgehead atoms. The molecule has 0 spiro atoms. The molecule has 1 aliphatic heterocycles. The number of benzene rings is 1. The van der Waals surface area contributed by atoms with E-state index in [1.54, 1.807) is 40.6 Å². The van der Waals surface area contributed by atoms with Gasteiger partial charge in [-0.25, -0.2) is 4.98 Å². The number of pyridine rings is 1. The molecule has 3 aromatic rings. The summed E-state index contributed by atoms with van der Waals surface area (Å²) >= 11 is 0. The SMILES string of the molecule is C=CCOc1ccc([C@@H]2/C(=C(\O)c3c(C)nc4ccccn34)C(=O)C(=O)N2CCCN(C)C)cc1. The van der Waals surface area contributed by atoms with E-state index in [0.29, 0.717) is 47.9 Å². The number of carbonyl (C=O) groups excluding carboxylic acids is 2. The van der Waals surface area contributed by atoms with Crippen molar-refractivity contribution in [1.82, 2.24) is 19.2 Å². The van der Waals surface area contributed by atoms with Crippen molar-refractivity contribution < 1.29 is 19.4 Å². The molecule has 0 saturated carbocycles. The van der Waals surface area contributed by atoms with Crippen LogP contribution in [0.4, 0.5) is 0 Å². The van der Waals surface area contributed by atoms with Crippen LogP contribution in [0.5, 0.6) is 5.75 Å². The van der Waals surface area contributed by atoms with Gasteiger partial charge in [0.15, 0.2) is 5.76 Å². The van der Waals surface area contributed by atoms with Crippen LogP contribution < -0.4 is 4.74 Å². The zero-order valence-corrected chi connectivity index (χ0v) is 20.3. The second-order valence-corrected chi connectivity index (χ2v) is 8.79. The summed E-state index contributed by atoms with van der Waals surface area (Å²) in [6.45, 7) is 6.94. The van der Waals surface area contributed by atoms with Gasteiger partial charge in [-0.15, -0.1) is 0 Å². The van der Waals surface area contributed by atoms with Crippen LogP contribution in [0, 0.1) is 6.92 Å². The number of carbonyl (C=O) groups is 2. The molecule has 182 valence electrons. The molecule has 0 unspecified atom stereocenters. The number of imidazole rings is 1. The third-order valence-corrected chi connectivity index (χ3v) is 6.04. The molecule has 1 N–H and O–H groups in total. The Labute approximate surface area is 204 Å². The summed E-state index contributed by atoms with van der Waals surface area (Å²) < 4.78 is 7.32. The van der Waals surface area contributed by atoms with Crippen LogP contribution in [0.1, 0.15) is 29.4 Å². The fourth-order valence-corrected chi connectivity index (χ4v) is 4.44. The predicted octanol–water partition coefficient (Wildman–Crippen LogP) is 3.58. The first-order valence-electron chi connectivity index (χ1n) is 11.5. The van der Waals surface area contributed by atoms with Crippen molar-refractivity contribution >= 4 is 23.1 Å². The van der Waals surface area contributed by atoms with E-state index in [2.05, 4.69) is 11.6 Å². The highest BCUT2D eigenvalue weighted by atomic mass is 16.5. The molecule has 1 aromatic carbocycles. The molecular weight excluding hydrogens is 444 g/mol. The molecule has 35 heavy (non-hydrogen) atoms. The highest BCUT2D eigenvalue weighted by Crippen LogP contribution is 2.40. The van der Waals surface area contributed by atoms with Gasteiger partial charge in [-0.2, -0.15) is 0 Å². The Morgan fingerprint density at radius 1 is 1.20 bits per heavy atom. The number of aliphatic hydroxyl groups excluding tert-OH is 1. The summed E-state index contributed by atoms with van der Waals surface area (Å²) in [6, 6.07) is 12.0. The van der Waals surface area contributed by atoms with Gasteiger partial charge in [-0.05, 0) is 63.8 Å². The maximum Gasteiger partial charge on any atom is 0.295 e. The normalized spacial score (nSPS) is 17.5. The molecule has 4 rings (SSSR count). The summed E-state index contributed by atoms with van der Waals surface area (Å²) in [6.07, 6.45) is 4.12. The number of hydrogen-bond donors (Lipinski definition) is 1. The van der Waals surface area contributed by atoms with Gasteiger partial charge < -0.3 is 19.6 Å². The Bertz CT molecular complexity index is 1290. The maximum atomic E-state index is 13.3. The first-order chi connectivity index (χ1) is 16.8. The Morgan fingerprint density at radius 3 is 2.63 bits per heavy atom. The minimum absolute atomic E-state index is 0.0633. The van der Waals surface area contributed by atoms with Gasteiger partial charge in [-0.1, -0.05) is 30.9 Å². The van der Waals surface area contributed by atoms with Crippen molar-refractivity contribution in [1.29, 1.82) is 0 Å². The zero-order chi connectivity index (χ0) is 25.1. The molecule has 1 fully saturated rings. The standard InChI is InChI=1S/C27H30N4O4/c1-5-17-35-20-12-10-19(11-13-20)24-22(26(33)27(34)31(24)16-8-14-29(3)4)25(32)23-18(2)28-21-9-6-7-15-30(21)23/h5-7,9-13,15,24,32H,1,8,14,16-17H2,2-4H3/b25-22+/t24-/m1/s1. The van der Waals surface area contributed by atoms with Crippen molar-refractivity contribution in [2.24, 2.45) is 0 Å². The third kappa shape index (κ3) is 4.70. The number of ether oxygens (including phenoxy) is 1. The number of amides is 1. The number of hydrogen-bond acceptors (Lipinski definition) is 6. The summed E-state index contributed by atoms with van der Waals surface area (Å²) in [7, 11) is 3.92. The number of aryl methyl sites for hydroxylation is 1. The van der Waals surface area contributed by atoms with E-state index in [1.165, 1.54) is 0 Å². The van der Waals surface area contributed by atoms with E-state index in [-0.39, 0.29) is 11.3 Å². The number of rotatable bonds is 9. The zero-order valence-electron chi connectivity index (χ0n) is 20.3. The molecule has 1 atom stereocenters. The fraction of sp³-hybridized carbons (Fsp3) is 0.296. The van der Waals surface area contributed by atoms with E-state index >= 15 is 0 Å². The molecule has 1 amide bonds. The van der Waals surface area contributed by atoms with Crippen molar-refractivity contribution in [3.63, 3.8) is 0 Å². The first-order valence-corrected chi connectivity index (χ1v) is 11.5. The van der Waals surface area contributed by atoms with Crippen LogP contribution in [-0.4, -0.2) is 69.8 Å². The predicted molar refractivity (Wildman–Crippen MR) is 134 cm³/mol. The number of nitrogens with zero attached hydrogens (tertiary/aromatic N) is 4. The fourth-order valence-electron chi connectivity index (χ4n) is 4.44. The summed E-state index contributed by atoms with van der Waals surface area (Å²) in [5.74, 6) is -0.897. The molecule has 8 nitrogen and oxygen atoms in total. The van der Waals surface area contributed by atoms with Crippen LogP contribution in [0.2, 0.25) is 0 Å². The van der Waals surface area contributed by atoms with Crippen LogP contribution >= 0.6 is 0 Å². The Balaban J connectivity index is 1.83. The van der Waals surface area contributed by atoms with Crippen LogP contribution in [-0.2, 0) is 9.59 Å². The van der Waals surface area contributed by atoms with Crippen LogP contribution in [0.3, 0.4) is 0 Å². The third-order valence-electron chi connectivity index (χ3n) is 6.04. The average Bonchev–Trinajstić information content (AvgIpc) is 3.31. The van der Waals surface area contributed by atoms with Gasteiger partial charge in [0.25, 0.3) is 11.7 Å². The molecule has 0 radical (unpaired) electrons. The van der Waals surface area contributed by atoms with Gasteiger partial charge in [0.05, 0.1) is 17.3 Å². The molecule has 1 saturated heterocycles. The highest BCUT2D eigenvalue weighted by Gasteiger charge is 2.46. The second kappa shape index (κ2) is 10.1. The average molecular weight is 475 g/mol. The smallest absolute Gasteiger partial charge is 0.295 e. The van der Waals surface area contributed by atoms with Crippen LogP contribution in [0.25, 0.3) is 11.4 Å². The monoisotopic (exact) mass is 474 g/mol. The lowest BCUT2D eigenvalue weighted by Gasteiger charge is -2.26. The number of Topliss-reactive ketones (excluding diaryl/α,β-unsaturated/α-hetero) is 1. The van der Waals surface area contributed by atoms with Crippen molar-refractivity contribution in [3.8, 4) is 5.75 Å². The molecule has 0 aliphatic carbocycles. The Hall–Kier alpha value is -3.91. The first kappa shape index (κ1) is 24.2. The number of aromatic nitrogens is 2. The lowest BCUT2D eigenvalue weighted by atomic mass is 9.96. The van der Waals surface area contributed by atoms with E-state index in [9.17, 15) is 14.7 Å². The lowest BCUT2D eigenvalue weighted by molar-refractivity contribution is -0.139.